The molecule has 1 nitrogen and oxygen atoms in total. The van der Waals surface area contributed by atoms with Crippen LogP contribution in [0.3, 0.4) is 0 Å². The first-order valence-electron chi connectivity index (χ1n) is 7.94. The van der Waals surface area contributed by atoms with Crippen molar-refractivity contribution in [2.75, 3.05) is 4.90 Å². The third-order valence-corrected chi connectivity index (χ3v) is 5.75. The first-order valence-corrected chi connectivity index (χ1v) is 9.52. The van der Waals surface area contributed by atoms with E-state index in [-0.39, 0.29) is 5.41 Å². The van der Waals surface area contributed by atoms with Crippen LogP contribution in [0.5, 0.6) is 0 Å². The molecule has 0 aliphatic carbocycles. The molecule has 3 heteroatoms. The Balaban J connectivity index is 2.07. The molecule has 0 amide bonds. The van der Waals surface area contributed by atoms with E-state index in [0.29, 0.717) is 0 Å². The van der Waals surface area contributed by atoms with Crippen molar-refractivity contribution in [1.82, 2.24) is 0 Å². The first kappa shape index (κ1) is 15.9. The average Bonchev–Trinajstić information content (AvgIpc) is 2.56. The van der Waals surface area contributed by atoms with E-state index in [1.807, 2.05) is 0 Å². The predicted molar refractivity (Wildman–Crippen MR) is 109 cm³/mol. The topological polar surface area (TPSA) is 3.24 Å². The number of anilines is 3. The molecular formula is C21H17Br2N. The quantitative estimate of drug-likeness (QED) is 0.381. The van der Waals surface area contributed by atoms with Gasteiger partial charge in [-0.25, -0.2) is 0 Å². The predicted octanol–water partition coefficient (Wildman–Crippen LogP) is 7.32. The molecule has 0 atom stereocenters. The molecule has 3 aromatic rings. The van der Waals surface area contributed by atoms with Gasteiger partial charge in [0.1, 0.15) is 0 Å². The van der Waals surface area contributed by atoms with Gasteiger partial charge in [0, 0.05) is 20.0 Å². The Hall–Kier alpha value is -1.58. The molecule has 0 fully saturated rings. The van der Waals surface area contributed by atoms with Crippen LogP contribution in [0.2, 0.25) is 0 Å². The van der Waals surface area contributed by atoms with Gasteiger partial charge in [0.2, 0.25) is 0 Å². The highest BCUT2D eigenvalue weighted by molar-refractivity contribution is 9.10. The molecular weight excluding hydrogens is 426 g/mol. The van der Waals surface area contributed by atoms with Gasteiger partial charge in [0.05, 0.1) is 11.4 Å². The lowest BCUT2D eigenvalue weighted by Crippen LogP contribution is -2.30. The molecule has 1 heterocycles. The van der Waals surface area contributed by atoms with Gasteiger partial charge >= 0.3 is 0 Å². The first-order chi connectivity index (χ1) is 11.5. The molecule has 0 bridgehead atoms. The number of para-hydroxylation sites is 1. The minimum Gasteiger partial charge on any atom is -0.310 e. The largest absolute Gasteiger partial charge is 0.310 e. The smallest absolute Gasteiger partial charge is 0.0513 e. The second kappa shape index (κ2) is 5.75. The van der Waals surface area contributed by atoms with Crippen molar-refractivity contribution in [3.63, 3.8) is 0 Å². The van der Waals surface area contributed by atoms with E-state index in [2.05, 4.69) is 117 Å². The van der Waals surface area contributed by atoms with Crippen LogP contribution in [0.15, 0.2) is 75.7 Å². The van der Waals surface area contributed by atoms with Crippen molar-refractivity contribution < 1.29 is 0 Å². The number of halogens is 2. The number of rotatable bonds is 1. The Morgan fingerprint density at radius 2 is 1.38 bits per heavy atom. The van der Waals surface area contributed by atoms with E-state index in [9.17, 15) is 0 Å². The fourth-order valence-corrected chi connectivity index (χ4v) is 4.26. The van der Waals surface area contributed by atoms with Crippen LogP contribution in [0, 0.1) is 0 Å². The molecule has 3 aromatic carbocycles. The standard InChI is InChI=1S/C21H17Br2N/c1-21(2)17-10-8-15(23)13-20(17)24(16-6-4-3-5-7-16)19-11-9-14(22)12-18(19)21/h3-13H,1-2H3. The lowest BCUT2D eigenvalue weighted by Gasteiger charge is -2.42. The summed E-state index contributed by atoms with van der Waals surface area (Å²) >= 11 is 7.29. The highest BCUT2D eigenvalue weighted by atomic mass is 79.9. The van der Waals surface area contributed by atoms with Crippen LogP contribution in [0.1, 0.15) is 25.0 Å². The van der Waals surface area contributed by atoms with Crippen LogP contribution < -0.4 is 4.90 Å². The average molecular weight is 443 g/mol. The SMILES string of the molecule is CC1(C)c2ccc(Br)cc2N(c2ccccc2)c2ccc(Br)cc21. The monoisotopic (exact) mass is 441 g/mol. The molecule has 0 N–H and O–H groups in total. The number of nitrogens with zero attached hydrogens (tertiary/aromatic N) is 1. The van der Waals surface area contributed by atoms with Gasteiger partial charge < -0.3 is 4.90 Å². The summed E-state index contributed by atoms with van der Waals surface area (Å²) in [6.45, 7) is 4.60. The van der Waals surface area contributed by atoms with E-state index < -0.39 is 0 Å². The molecule has 0 radical (unpaired) electrons. The van der Waals surface area contributed by atoms with Crippen molar-refractivity contribution in [2.45, 2.75) is 19.3 Å². The summed E-state index contributed by atoms with van der Waals surface area (Å²) in [5.41, 5.74) is 6.25. The lowest BCUT2D eigenvalue weighted by molar-refractivity contribution is 0.631. The molecule has 4 rings (SSSR count). The summed E-state index contributed by atoms with van der Waals surface area (Å²) in [4.78, 5) is 2.35. The highest BCUT2D eigenvalue weighted by Gasteiger charge is 2.36. The number of hydrogen-bond donors (Lipinski definition) is 0. The van der Waals surface area contributed by atoms with Crippen LogP contribution in [-0.2, 0) is 5.41 Å². The molecule has 0 saturated carbocycles. The minimum atomic E-state index is -0.0551. The summed E-state index contributed by atoms with van der Waals surface area (Å²) in [6, 6.07) is 23.7. The molecule has 120 valence electrons. The second-order valence-electron chi connectivity index (χ2n) is 6.62. The normalized spacial score (nSPS) is 14.9. The lowest BCUT2D eigenvalue weighted by atomic mass is 9.73. The summed E-state index contributed by atoms with van der Waals surface area (Å²) in [7, 11) is 0. The summed E-state index contributed by atoms with van der Waals surface area (Å²) in [6.07, 6.45) is 0. The zero-order valence-electron chi connectivity index (χ0n) is 13.6. The summed E-state index contributed by atoms with van der Waals surface area (Å²) in [5.74, 6) is 0. The van der Waals surface area contributed by atoms with E-state index in [1.165, 1.54) is 28.2 Å². The van der Waals surface area contributed by atoms with Gasteiger partial charge in [-0.2, -0.15) is 0 Å². The maximum absolute atomic E-state index is 3.65. The Kier molecular flexibility index (Phi) is 3.81. The van der Waals surface area contributed by atoms with E-state index >= 15 is 0 Å². The van der Waals surface area contributed by atoms with Crippen LogP contribution >= 0.6 is 31.9 Å². The molecule has 24 heavy (non-hydrogen) atoms. The third kappa shape index (κ3) is 2.42. The van der Waals surface area contributed by atoms with Gasteiger partial charge in [0.15, 0.2) is 0 Å². The van der Waals surface area contributed by atoms with Gasteiger partial charge in [-0.05, 0) is 53.6 Å². The fraction of sp³-hybridized carbons (Fsp3) is 0.143. The van der Waals surface area contributed by atoms with Crippen molar-refractivity contribution in [1.29, 1.82) is 0 Å². The van der Waals surface area contributed by atoms with Crippen LogP contribution in [-0.4, -0.2) is 0 Å². The Morgan fingerprint density at radius 1 is 0.708 bits per heavy atom. The van der Waals surface area contributed by atoms with Crippen molar-refractivity contribution in [2.24, 2.45) is 0 Å². The summed E-state index contributed by atoms with van der Waals surface area (Å²) in [5, 5.41) is 0. The molecule has 1 aliphatic rings. The van der Waals surface area contributed by atoms with Gasteiger partial charge in [-0.1, -0.05) is 70.0 Å². The number of fused-ring (bicyclic) bond motifs is 2. The van der Waals surface area contributed by atoms with E-state index in [1.54, 1.807) is 0 Å². The molecule has 0 aromatic heterocycles. The summed E-state index contributed by atoms with van der Waals surface area (Å²) < 4.78 is 2.21. The zero-order valence-corrected chi connectivity index (χ0v) is 16.7. The van der Waals surface area contributed by atoms with Crippen molar-refractivity contribution in [3.8, 4) is 0 Å². The molecule has 1 aliphatic heterocycles. The Bertz CT molecular complexity index is 916. The number of benzene rings is 3. The Morgan fingerprint density at radius 3 is 2.12 bits per heavy atom. The van der Waals surface area contributed by atoms with Gasteiger partial charge in [0.25, 0.3) is 0 Å². The fourth-order valence-electron chi connectivity index (χ4n) is 3.55. The second-order valence-corrected chi connectivity index (χ2v) is 8.45. The van der Waals surface area contributed by atoms with Gasteiger partial charge in [-0.15, -0.1) is 0 Å². The number of hydrogen-bond acceptors (Lipinski definition) is 1. The van der Waals surface area contributed by atoms with Gasteiger partial charge in [-0.3, -0.25) is 0 Å². The third-order valence-electron chi connectivity index (χ3n) is 4.76. The maximum atomic E-state index is 3.65. The van der Waals surface area contributed by atoms with E-state index in [0.717, 1.165) is 8.95 Å². The Labute approximate surface area is 159 Å². The van der Waals surface area contributed by atoms with E-state index in [4.69, 9.17) is 0 Å². The highest BCUT2D eigenvalue weighted by Crippen LogP contribution is 2.52. The minimum absolute atomic E-state index is 0.0551. The zero-order chi connectivity index (χ0) is 16.9. The molecule has 0 unspecified atom stereocenters. The molecule has 0 spiro atoms. The van der Waals surface area contributed by atoms with Crippen molar-refractivity contribution >= 4 is 48.9 Å². The van der Waals surface area contributed by atoms with Crippen LogP contribution in [0.25, 0.3) is 0 Å². The maximum Gasteiger partial charge on any atom is 0.0513 e. The molecule has 0 saturated heterocycles. The van der Waals surface area contributed by atoms with Crippen molar-refractivity contribution in [3.05, 3.63) is 86.8 Å². The van der Waals surface area contributed by atoms with Crippen LogP contribution in [0.4, 0.5) is 17.1 Å².